The molecular weight excluding hydrogens is 246 g/mol. The summed E-state index contributed by atoms with van der Waals surface area (Å²) in [6.45, 7) is 5.81. The van der Waals surface area contributed by atoms with Crippen molar-refractivity contribution in [3.63, 3.8) is 0 Å². The number of nitrogens with one attached hydrogen (secondary N) is 1. The predicted molar refractivity (Wildman–Crippen MR) is 83.9 cm³/mol. The van der Waals surface area contributed by atoms with Gasteiger partial charge in [-0.3, -0.25) is 4.90 Å². The summed E-state index contributed by atoms with van der Waals surface area (Å²) in [5, 5.41) is 3.57. The highest BCUT2D eigenvalue weighted by molar-refractivity contribution is 5.37. The Bertz CT molecular complexity index is 420. The van der Waals surface area contributed by atoms with Crippen molar-refractivity contribution in [2.75, 3.05) is 11.9 Å². The fourth-order valence-electron chi connectivity index (χ4n) is 3.73. The zero-order chi connectivity index (χ0) is 13.9. The monoisotopic (exact) mass is 273 g/mol. The zero-order valence-corrected chi connectivity index (χ0v) is 12.8. The van der Waals surface area contributed by atoms with Crippen molar-refractivity contribution in [1.82, 2.24) is 9.88 Å². The standard InChI is InChI=1S/C17H27N3/c1-13(2)20-11-5-8-16(20)14-9-10-17(18-12-14)19-15-6-3-4-7-15/h9-10,12-13,15-16H,3-8,11H2,1-2H3,(H,18,19). The zero-order valence-electron chi connectivity index (χ0n) is 12.8. The highest BCUT2D eigenvalue weighted by Crippen LogP contribution is 2.33. The van der Waals surface area contributed by atoms with E-state index >= 15 is 0 Å². The van der Waals surface area contributed by atoms with Gasteiger partial charge in [0.05, 0.1) is 0 Å². The van der Waals surface area contributed by atoms with Crippen molar-refractivity contribution in [2.45, 2.75) is 70.5 Å². The van der Waals surface area contributed by atoms with E-state index in [2.05, 4.69) is 47.4 Å². The third kappa shape index (κ3) is 2.98. The van der Waals surface area contributed by atoms with Crippen LogP contribution in [0.4, 0.5) is 5.82 Å². The van der Waals surface area contributed by atoms with Gasteiger partial charge in [0.2, 0.25) is 0 Å². The maximum Gasteiger partial charge on any atom is 0.126 e. The van der Waals surface area contributed by atoms with Crippen LogP contribution in [0.15, 0.2) is 18.3 Å². The molecule has 20 heavy (non-hydrogen) atoms. The van der Waals surface area contributed by atoms with Gasteiger partial charge in [-0.25, -0.2) is 4.98 Å². The molecule has 1 saturated carbocycles. The van der Waals surface area contributed by atoms with E-state index in [1.807, 2.05) is 0 Å². The quantitative estimate of drug-likeness (QED) is 0.899. The molecule has 2 heterocycles. The van der Waals surface area contributed by atoms with Crippen molar-refractivity contribution >= 4 is 5.82 Å². The molecule has 0 bridgehead atoms. The molecule has 1 unspecified atom stereocenters. The largest absolute Gasteiger partial charge is 0.367 e. The number of rotatable bonds is 4. The van der Waals surface area contributed by atoms with Gasteiger partial charge < -0.3 is 5.32 Å². The fourth-order valence-corrected chi connectivity index (χ4v) is 3.73. The number of nitrogens with zero attached hydrogens (tertiary/aromatic N) is 2. The van der Waals surface area contributed by atoms with E-state index in [4.69, 9.17) is 0 Å². The molecule has 1 saturated heterocycles. The van der Waals surface area contributed by atoms with Gasteiger partial charge in [-0.1, -0.05) is 18.9 Å². The summed E-state index contributed by atoms with van der Waals surface area (Å²) >= 11 is 0. The molecule has 110 valence electrons. The Morgan fingerprint density at radius 1 is 1.15 bits per heavy atom. The number of hydrogen-bond acceptors (Lipinski definition) is 3. The van der Waals surface area contributed by atoms with Gasteiger partial charge in [0.15, 0.2) is 0 Å². The van der Waals surface area contributed by atoms with Crippen LogP contribution in [0.1, 0.15) is 64.0 Å². The summed E-state index contributed by atoms with van der Waals surface area (Å²) in [5.74, 6) is 1.05. The van der Waals surface area contributed by atoms with Gasteiger partial charge in [-0.15, -0.1) is 0 Å². The van der Waals surface area contributed by atoms with Gasteiger partial charge in [-0.2, -0.15) is 0 Å². The second kappa shape index (κ2) is 6.13. The van der Waals surface area contributed by atoms with Crippen LogP contribution in [-0.4, -0.2) is 28.5 Å². The normalized spacial score (nSPS) is 24.6. The molecular formula is C17H27N3. The molecule has 3 heteroatoms. The Hall–Kier alpha value is -1.09. The average molecular weight is 273 g/mol. The lowest BCUT2D eigenvalue weighted by Crippen LogP contribution is -2.30. The summed E-state index contributed by atoms with van der Waals surface area (Å²) in [6.07, 6.45) is 9.99. The lowest BCUT2D eigenvalue weighted by molar-refractivity contribution is 0.205. The maximum absolute atomic E-state index is 4.64. The number of pyridine rings is 1. The number of aromatic nitrogens is 1. The minimum Gasteiger partial charge on any atom is -0.367 e. The Morgan fingerprint density at radius 2 is 1.95 bits per heavy atom. The summed E-state index contributed by atoms with van der Waals surface area (Å²) in [6, 6.07) is 6.29. The van der Waals surface area contributed by atoms with Crippen LogP contribution in [0.25, 0.3) is 0 Å². The highest BCUT2D eigenvalue weighted by Gasteiger charge is 2.27. The second-order valence-electron chi connectivity index (χ2n) is 6.59. The topological polar surface area (TPSA) is 28.2 Å². The van der Waals surface area contributed by atoms with E-state index < -0.39 is 0 Å². The molecule has 3 rings (SSSR count). The van der Waals surface area contributed by atoms with Crippen LogP contribution in [0.3, 0.4) is 0 Å². The van der Waals surface area contributed by atoms with Crippen molar-refractivity contribution in [3.8, 4) is 0 Å². The molecule has 2 fully saturated rings. The van der Waals surface area contributed by atoms with Crippen molar-refractivity contribution in [3.05, 3.63) is 23.9 Å². The van der Waals surface area contributed by atoms with Crippen LogP contribution >= 0.6 is 0 Å². The second-order valence-corrected chi connectivity index (χ2v) is 6.59. The van der Waals surface area contributed by atoms with Crippen LogP contribution in [0.2, 0.25) is 0 Å². The number of likely N-dealkylation sites (tertiary alicyclic amines) is 1. The van der Waals surface area contributed by atoms with Crippen LogP contribution < -0.4 is 5.32 Å². The van der Waals surface area contributed by atoms with Crippen LogP contribution in [-0.2, 0) is 0 Å². The molecule has 1 N–H and O–H groups in total. The van der Waals surface area contributed by atoms with Gasteiger partial charge in [0, 0.05) is 24.3 Å². The van der Waals surface area contributed by atoms with Crippen LogP contribution in [0.5, 0.6) is 0 Å². The van der Waals surface area contributed by atoms with E-state index in [-0.39, 0.29) is 0 Å². The lowest BCUT2D eigenvalue weighted by Gasteiger charge is -2.28. The Labute approximate surface area is 122 Å². The van der Waals surface area contributed by atoms with Crippen molar-refractivity contribution < 1.29 is 0 Å². The molecule has 0 amide bonds. The molecule has 1 aliphatic heterocycles. The first-order chi connectivity index (χ1) is 9.74. The Morgan fingerprint density at radius 3 is 2.60 bits per heavy atom. The first kappa shape index (κ1) is 13.9. The molecule has 0 spiro atoms. The summed E-state index contributed by atoms with van der Waals surface area (Å²) in [7, 11) is 0. The average Bonchev–Trinajstić information content (AvgIpc) is 3.10. The minimum absolute atomic E-state index is 0.572. The first-order valence-electron chi connectivity index (χ1n) is 8.22. The van der Waals surface area contributed by atoms with E-state index in [0.29, 0.717) is 18.1 Å². The predicted octanol–water partition coefficient (Wildman–Crippen LogP) is 3.98. The summed E-state index contributed by atoms with van der Waals surface area (Å²) in [4.78, 5) is 7.24. The molecule has 1 aromatic rings. The van der Waals surface area contributed by atoms with Gasteiger partial charge in [-0.05, 0) is 57.7 Å². The van der Waals surface area contributed by atoms with Gasteiger partial charge in [0.25, 0.3) is 0 Å². The number of anilines is 1. The first-order valence-corrected chi connectivity index (χ1v) is 8.22. The smallest absolute Gasteiger partial charge is 0.126 e. The minimum atomic E-state index is 0.572. The fraction of sp³-hybridized carbons (Fsp3) is 0.706. The third-order valence-electron chi connectivity index (χ3n) is 4.84. The molecule has 1 atom stereocenters. The molecule has 1 aliphatic carbocycles. The third-order valence-corrected chi connectivity index (χ3v) is 4.84. The van der Waals surface area contributed by atoms with Gasteiger partial charge in [0.1, 0.15) is 5.82 Å². The molecule has 1 aromatic heterocycles. The molecule has 0 aromatic carbocycles. The molecule has 0 radical (unpaired) electrons. The van der Waals surface area contributed by atoms with E-state index in [0.717, 1.165) is 5.82 Å². The Balaban J connectivity index is 1.66. The SMILES string of the molecule is CC(C)N1CCCC1c1ccc(NC2CCCC2)nc1. The lowest BCUT2D eigenvalue weighted by atomic mass is 10.1. The van der Waals surface area contributed by atoms with Crippen molar-refractivity contribution in [1.29, 1.82) is 0 Å². The number of hydrogen-bond donors (Lipinski definition) is 1. The van der Waals surface area contributed by atoms with Crippen LogP contribution in [0, 0.1) is 0 Å². The maximum atomic E-state index is 4.64. The Kier molecular flexibility index (Phi) is 4.25. The molecule has 3 nitrogen and oxygen atoms in total. The highest BCUT2D eigenvalue weighted by atomic mass is 15.2. The van der Waals surface area contributed by atoms with Gasteiger partial charge >= 0.3 is 0 Å². The molecule has 2 aliphatic rings. The van der Waals surface area contributed by atoms with E-state index in [1.165, 1.54) is 50.6 Å². The van der Waals surface area contributed by atoms with E-state index in [9.17, 15) is 0 Å². The summed E-state index contributed by atoms with van der Waals surface area (Å²) < 4.78 is 0. The summed E-state index contributed by atoms with van der Waals surface area (Å²) in [5.41, 5.74) is 1.38. The van der Waals surface area contributed by atoms with E-state index in [1.54, 1.807) is 0 Å². The van der Waals surface area contributed by atoms with Crippen molar-refractivity contribution in [2.24, 2.45) is 0 Å².